The highest BCUT2D eigenvalue weighted by Gasteiger charge is 2.27. The number of hydrogen-bond acceptors (Lipinski definition) is 3. The Bertz CT molecular complexity index is 441. The van der Waals surface area contributed by atoms with Crippen molar-refractivity contribution in [2.75, 3.05) is 5.75 Å². The zero-order valence-electron chi connectivity index (χ0n) is 9.17. The first kappa shape index (κ1) is 11.6. The lowest BCUT2D eigenvalue weighted by Gasteiger charge is -2.10. The highest BCUT2D eigenvalue weighted by Crippen LogP contribution is 2.27. The van der Waals surface area contributed by atoms with E-state index in [0.29, 0.717) is 4.90 Å². The molecule has 1 aliphatic rings. The molecule has 0 aliphatic heterocycles. The summed E-state index contributed by atoms with van der Waals surface area (Å²) < 4.78 is 24.1. The Labute approximate surface area is 96.6 Å². The van der Waals surface area contributed by atoms with Crippen molar-refractivity contribution < 1.29 is 8.42 Å². The molecule has 4 heteroatoms. The van der Waals surface area contributed by atoms with Gasteiger partial charge in [-0.1, -0.05) is 18.2 Å². The second-order valence-electron chi connectivity index (χ2n) is 4.53. The molecule has 1 aromatic carbocycles. The van der Waals surface area contributed by atoms with Crippen LogP contribution in [0.4, 0.5) is 0 Å². The quantitative estimate of drug-likeness (QED) is 0.871. The number of hydrogen-bond donors (Lipinski definition) is 1. The molecule has 0 unspecified atom stereocenters. The van der Waals surface area contributed by atoms with Gasteiger partial charge in [-0.05, 0) is 37.3 Å². The molecule has 2 rings (SSSR count). The van der Waals surface area contributed by atoms with Crippen LogP contribution in [0.1, 0.15) is 19.3 Å². The molecule has 0 amide bonds. The number of benzene rings is 1. The molecule has 1 saturated carbocycles. The van der Waals surface area contributed by atoms with E-state index in [2.05, 4.69) is 0 Å². The Kier molecular flexibility index (Phi) is 3.30. The van der Waals surface area contributed by atoms with Gasteiger partial charge in [-0.3, -0.25) is 0 Å². The van der Waals surface area contributed by atoms with Crippen LogP contribution in [0, 0.1) is 5.92 Å². The fourth-order valence-corrected chi connectivity index (χ4v) is 3.99. The molecule has 2 atom stereocenters. The Morgan fingerprint density at radius 1 is 1.19 bits per heavy atom. The maximum atomic E-state index is 12.1. The van der Waals surface area contributed by atoms with Crippen LogP contribution in [-0.2, 0) is 9.84 Å². The van der Waals surface area contributed by atoms with Crippen LogP contribution < -0.4 is 5.73 Å². The van der Waals surface area contributed by atoms with Crippen molar-refractivity contribution in [2.45, 2.75) is 30.2 Å². The zero-order chi connectivity index (χ0) is 11.6. The van der Waals surface area contributed by atoms with Gasteiger partial charge in [0.05, 0.1) is 10.6 Å². The molecule has 1 aliphatic carbocycles. The summed E-state index contributed by atoms with van der Waals surface area (Å²) in [6.07, 6.45) is 2.73. The summed E-state index contributed by atoms with van der Waals surface area (Å²) in [7, 11) is -3.12. The predicted octanol–water partition coefficient (Wildman–Crippen LogP) is 1.59. The highest BCUT2D eigenvalue weighted by molar-refractivity contribution is 7.91. The Morgan fingerprint density at radius 3 is 2.44 bits per heavy atom. The lowest BCUT2D eigenvalue weighted by Crippen LogP contribution is -2.18. The molecule has 3 nitrogen and oxygen atoms in total. The van der Waals surface area contributed by atoms with Crippen molar-refractivity contribution in [3.63, 3.8) is 0 Å². The third-order valence-corrected chi connectivity index (χ3v) is 5.04. The van der Waals surface area contributed by atoms with Gasteiger partial charge in [0.2, 0.25) is 0 Å². The molecule has 0 heterocycles. The molecule has 2 N–H and O–H groups in total. The molecule has 0 radical (unpaired) electrons. The highest BCUT2D eigenvalue weighted by atomic mass is 32.2. The van der Waals surface area contributed by atoms with Gasteiger partial charge in [0.1, 0.15) is 0 Å². The second kappa shape index (κ2) is 4.55. The minimum atomic E-state index is -3.12. The Morgan fingerprint density at radius 2 is 1.88 bits per heavy atom. The van der Waals surface area contributed by atoms with E-state index in [0.717, 1.165) is 19.3 Å². The molecule has 0 spiro atoms. The van der Waals surface area contributed by atoms with Gasteiger partial charge in [0, 0.05) is 6.04 Å². The zero-order valence-corrected chi connectivity index (χ0v) is 9.99. The molecule has 16 heavy (non-hydrogen) atoms. The molecular formula is C12H17NO2S. The van der Waals surface area contributed by atoms with Crippen molar-refractivity contribution in [3.05, 3.63) is 30.3 Å². The fraction of sp³-hybridized carbons (Fsp3) is 0.500. The number of rotatable bonds is 3. The van der Waals surface area contributed by atoms with Crippen LogP contribution in [0.15, 0.2) is 35.2 Å². The van der Waals surface area contributed by atoms with Crippen molar-refractivity contribution in [2.24, 2.45) is 11.7 Å². The number of sulfone groups is 1. The van der Waals surface area contributed by atoms with Gasteiger partial charge >= 0.3 is 0 Å². The van der Waals surface area contributed by atoms with E-state index in [1.165, 1.54) is 0 Å². The molecule has 0 bridgehead atoms. The Balaban J connectivity index is 2.09. The minimum Gasteiger partial charge on any atom is -0.328 e. The summed E-state index contributed by atoms with van der Waals surface area (Å²) in [4.78, 5) is 0.426. The van der Waals surface area contributed by atoms with E-state index in [-0.39, 0.29) is 17.7 Å². The number of nitrogens with two attached hydrogens (primary N) is 1. The van der Waals surface area contributed by atoms with Gasteiger partial charge in [-0.15, -0.1) is 0 Å². The largest absolute Gasteiger partial charge is 0.328 e. The SMILES string of the molecule is N[C@H]1CC[C@@H](CS(=O)(=O)c2ccccc2)C1. The molecule has 0 saturated heterocycles. The first-order valence-corrected chi connectivity index (χ1v) is 7.26. The van der Waals surface area contributed by atoms with Gasteiger partial charge in [-0.2, -0.15) is 0 Å². The summed E-state index contributed by atoms with van der Waals surface area (Å²) in [6.45, 7) is 0. The van der Waals surface area contributed by atoms with Crippen LogP contribution in [0.2, 0.25) is 0 Å². The van der Waals surface area contributed by atoms with E-state index in [1.54, 1.807) is 24.3 Å². The van der Waals surface area contributed by atoms with Gasteiger partial charge < -0.3 is 5.73 Å². The Hall–Kier alpha value is -0.870. The van der Waals surface area contributed by atoms with Crippen LogP contribution in [0.5, 0.6) is 0 Å². The van der Waals surface area contributed by atoms with Crippen molar-refractivity contribution in [1.82, 2.24) is 0 Å². The first-order chi connectivity index (χ1) is 7.58. The van der Waals surface area contributed by atoms with Gasteiger partial charge in [0.15, 0.2) is 9.84 Å². The van der Waals surface area contributed by atoms with E-state index in [9.17, 15) is 8.42 Å². The molecular weight excluding hydrogens is 222 g/mol. The molecule has 1 fully saturated rings. The topological polar surface area (TPSA) is 60.2 Å². The summed E-state index contributed by atoms with van der Waals surface area (Å²) in [6, 6.07) is 8.84. The smallest absolute Gasteiger partial charge is 0.178 e. The maximum Gasteiger partial charge on any atom is 0.178 e. The van der Waals surface area contributed by atoms with E-state index < -0.39 is 9.84 Å². The van der Waals surface area contributed by atoms with Crippen molar-refractivity contribution >= 4 is 9.84 Å². The lowest BCUT2D eigenvalue weighted by molar-refractivity contribution is 0.553. The standard InChI is InChI=1S/C12H17NO2S/c13-11-7-6-10(8-11)9-16(14,15)12-4-2-1-3-5-12/h1-5,10-11H,6-9,13H2/t10-,11+/m1/s1. The van der Waals surface area contributed by atoms with Crippen LogP contribution in [0.3, 0.4) is 0 Å². The predicted molar refractivity (Wildman–Crippen MR) is 63.8 cm³/mol. The third kappa shape index (κ3) is 2.62. The monoisotopic (exact) mass is 239 g/mol. The van der Waals surface area contributed by atoms with Crippen molar-refractivity contribution in [3.8, 4) is 0 Å². The summed E-state index contributed by atoms with van der Waals surface area (Å²) in [5, 5.41) is 0. The summed E-state index contributed by atoms with van der Waals surface area (Å²) in [5.41, 5.74) is 5.79. The lowest BCUT2D eigenvalue weighted by atomic mass is 10.1. The molecule has 0 aromatic heterocycles. The van der Waals surface area contributed by atoms with Crippen LogP contribution >= 0.6 is 0 Å². The third-order valence-electron chi connectivity index (χ3n) is 3.14. The summed E-state index contributed by atoms with van der Waals surface area (Å²) >= 11 is 0. The summed E-state index contributed by atoms with van der Waals surface area (Å²) in [5.74, 6) is 0.477. The van der Waals surface area contributed by atoms with Gasteiger partial charge in [0.25, 0.3) is 0 Å². The maximum absolute atomic E-state index is 12.1. The molecule has 1 aromatic rings. The first-order valence-electron chi connectivity index (χ1n) is 5.61. The normalized spacial score (nSPS) is 25.8. The average molecular weight is 239 g/mol. The minimum absolute atomic E-state index is 0.191. The molecule has 88 valence electrons. The van der Waals surface area contributed by atoms with E-state index in [1.807, 2.05) is 6.07 Å². The van der Waals surface area contributed by atoms with Gasteiger partial charge in [-0.25, -0.2) is 8.42 Å². The fourth-order valence-electron chi connectivity index (χ4n) is 2.30. The van der Waals surface area contributed by atoms with E-state index >= 15 is 0 Å². The van der Waals surface area contributed by atoms with Crippen LogP contribution in [0.25, 0.3) is 0 Å². The van der Waals surface area contributed by atoms with E-state index in [4.69, 9.17) is 5.73 Å². The van der Waals surface area contributed by atoms with Crippen molar-refractivity contribution in [1.29, 1.82) is 0 Å². The average Bonchev–Trinajstić information content (AvgIpc) is 2.64. The second-order valence-corrected chi connectivity index (χ2v) is 6.57. The van der Waals surface area contributed by atoms with Crippen LogP contribution in [-0.4, -0.2) is 20.2 Å².